The van der Waals surface area contributed by atoms with Crippen LogP contribution in [-0.2, 0) is 14.6 Å². The van der Waals surface area contributed by atoms with Crippen LogP contribution in [-0.4, -0.2) is 36.5 Å². The van der Waals surface area contributed by atoms with Crippen LogP contribution in [0, 0.1) is 0 Å². The van der Waals surface area contributed by atoms with Gasteiger partial charge in [-0.3, -0.25) is 4.79 Å². The maximum absolute atomic E-state index is 11.6. The van der Waals surface area contributed by atoms with Crippen LogP contribution >= 0.6 is 11.6 Å². The zero-order valence-corrected chi connectivity index (χ0v) is 11.1. The van der Waals surface area contributed by atoms with E-state index in [0.717, 1.165) is 6.26 Å². The Hall–Kier alpha value is -1.11. The van der Waals surface area contributed by atoms with E-state index in [9.17, 15) is 13.2 Å². The number of halogens is 1. The molecule has 0 aromatic heterocycles. The molecule has 0 bridgehead atoms. The summed E-state index contributed by atoms with van der Waals surface area (Å²) in [6, 6.07) is 6.36. The van der Waals surface area contributed by atoms with Crippen molar-refractivity contribution in [3.63, 3.8) is 0 Å². The first-order chi connectivity index (χ1) is 8.19. The van der Waals surface area contributed by atoms with Crippen molar-refractivity contribution in [3.05, 3.63) is 34.9 Å². The summed E-state index contributed by atoms with van der Waals surface area (Å²) >= 11 is 5.73. The molecule has 0 saturated heterocycles. The Morgan fingerprint density at radius 3 is 2.22 bits per heavy atom. The first-order valence-corrected chi connectivity index (χ1v) is 7.49. The van der Waals surface area contributed by atoms with Gasteiger partial charge in [0.2, 0.25) is 0 Å². The molecular weight excluding hydrogens is 278 g/mol. The molecule has 1 aliphatic carbocycles. The number of aliphatic carboxylic acids is 1. The van der Waals surface area contributed by atoms with Crippen molar-refractivity contribution in [1.82, 2.24) is 0 Å². The van der Waals surface area contributed by atoms with Crippen molar-refractivity contribution >= 4 is 27.4 Å². The third-order valence-corrected chi connectivity index (χ3v) is 5.08. The molecule has 0 radical (unpaired) electrons. The van der Waals surface area contributed by atoms with E-state index in [1.54, 1.807) is 24.3 Å². The average Bonchev–Trinajstić information content (AvgIpc) is 2.87. The molecule has 18 heavy (non-hydrogen) atoms. The van der Waals surface area contributed by atoms with E-state index in [4.69, 9.17) is 22.4 Å². The van der Waals surface area contributed by atoms with Gasteiger partial charge in [0.05, 0.1) is 5.25 Å². The first-order valence-electron chi connectivity index (χ1n) is 5.15. The number of carbonyl (C=O) groups is 1. The summed E-state index contributed by atoms with van der Waals surface area (Å²) in [7, 11) is -3.53. The fourth-order valence-electron chi connectivity index (χ4n) is 2.35. The van der Waals surface area contributed by atoms with Crippen LogP contribution in [0.4, 0.5) is 0 Å². The van der Waals surface area contributed by atoms with Gasteiger partial charge >= 0.3 is 5.97 Å². The molecule has 5 nitrogen and oxygen atoms in total. The van der Waals surface area contributed by atoms with Crippen LogP contribution in [0.3, 0.4) is 0 Å². The molecule has 0 amide bonds. The molecule has 98 valence electrons. The van der Waals surface area contributed by atoms with Gasteiger partial charge in [0.15, 0.2) is 9.84 Å². The van der Waals surface area contributed by atoms with Crippen molar-refractivity contribution in [2.24, 2.45) is 5.73 Å². The number of sulfone groups is 1. The van der Waals surface area contributed by atoms with Crippen molar-refractivity contribution in [2.45, 2.75) is 16.7 Å². The van der Waals surface area contributed by atoms with E-state index in [-0.39, 0.29) is 0 Å². The number of nitrogens with two attached hydrogens (primary N) is 1. The number of benzene rings is 1. The number of carboxylic acid groups (broad SMARTS) is 1. The lowest BCUT2D eigenvalue weighted by Gasteiger charge is -2.04. The fourth-order valence-corrected chi connectivity index (χ4v) is 4.23. The highest BCUT2D eigenvalue weighted by Gasteiger charge is 2.73. The van der Waals surface area contributed by atoms with Crippen LogP contribution < -0.4 is 5.73 Å². The van der Waals surface area contributed by atoms with Crippen LogP contribution in [0.15, 0.2) is 24.3 Å². The Labute approximate surface area is 109 Å². The lowest BCUT2D eigenvalue weighted by Crippen LogP contribution is -2.39. The molecule has 0 heterocycles. The molecule has 1 aromatic carbocycles. The Kier molecular flexibility index (Phi) is 2.92. The second-order valence-corrected chi connectivity index (χ2v) is 7.12. The first kappa shape index (κ1) is 13.3. The van der Waals surface area contributed by atoms with Gasteiger partial charge in [-0.2, -0.15) is 0 Å². The molecule has 1 saturated carbocycles. The standard InChI is InChI=1S/C11H12ClNO4S/c1-18(16,17)9-8(11(9,13)10(14)15)6-2-4-7(12)5-3-6/h2-5,8-9H,13H2,1H3,(H,14,15)/t8-,9-,11-/m1/s1. The molecule has 2 rings (SSSR count). The minimum absolute atomic E-state index is 0.494. The molecule has 1 aromatic rings. The zero-order valence-electron chi connectivity index (χ0n) is 9.50. The molecule has 3 N–H and O–H groups in total. The Morgan fingerprint density at radius 2 is 1.89 bits per heavy atom. The molecule has 3 atom stereocenters. The van der Waals surface area contributed by atoms with Gasteiger partial charge in [-0.1, -0.05) is 23.7 Å². The summed E-state index contributed by atoms with van der Waals surface area (Å²) < 4.78 is 23.2. The maximum atomic E-state index is 11.6. The summed E-state index contributed by atoms with van der Waals surface area (Å²) in [4.78, 5) is 11.2. The minimum Gasteiger partial charge on any atom is -0.480 e. The summed E-state index contributed by atoms with van der Waals surface area (Å²) in [6.45, 7) is 0. The van der Waals surface area contributed by atoms with Crippen LogP contribution in [0.25, 0.3) is 0 Å². The van der Waals surface area contributed by atoms with Gasteiger partial charge in [0.25, 0.3) is 0 Å². The smallest absolute Gasteiger partial charge is 0.325 e. The molecule has 1 aliphatic rings. The van der Waals surface area contributed by atoms with E-state index in [2.05, 4.69) is 0 Å². The van der Waals surface area contributed by atoms with Crippen molar-refractivity contribution in [3.8, 4) is 0 Å². The number of carboxylic acids is 1. The Bertz CT molecular complexity index is 598. The largest absolute Gasteiger partial charge is 0.480 e. The lowest BCUT2D eigenvalue weighted by molar-refractivity contribution is -0.139. The second kappa shape index (κ2) is 3.94. The van der Waals surface area contributed by atoms with Gasteiger partial charge in [-0.15, -0.1) is 0 Å². The Balaban J connectivity index is 2.45. The molecule has 0 aliphatic heterocycles. The van der Waals surface area contributed by atoms with Crippen molar-refractivity contribution < 1.29 is 18.3 Å². The Morgan fingerprint density at radius 1 is 1.39 bits per heavy atom. The molecule has 1 fully saturated rings. The molecule has 7 heteroatoms. The van der Waals surface area contributed by atoms with E-state index >= 15 is 0 Å². The van der Waals surface area contributed by atoms with Crippen LogP contribution in [0.5, 0.6) is 0 Å². The maximum Gasteiger partial charge on any atom is 0.325 e. The average molecular weight is 290 g/mol. The quantitative estimate of drug-likeness (QED) is 0.851. The zero-order chi connectivity index (χ0) is 13.7. The van der Waals surface area contributed by atoms with Gasteiger partial charge < -0.3 is 10.8 Å². The number of hydrogen-bond donors (Lipinski definition) is 2. The normalized spacial score (nSPS) is 31.1. The molecule has 0 spiro atoms. The summed E-state index contributed by atoms with van der Waals surface area (Å²) in [5.74, 6) is -2.04. The minimum atomic E-state index is -3.53. The highest BCUT2D eigenvalue weighted by Crippen LogP contribution is 2.54. The van der Waals surface area contributed by atoms with E-state index in [0.29, 0.717) is 10.6 Å². The van der Waals surface area contributed by atoms with E-state index < -0.39 is 32.5 Å². The number of rotatable bonds is 3. The molecule has 0 unspecified atom stereocenters. The third-order valence-electron chi connectivity index (χ3n) is 3.24. The third kappa shape index (κ3) is 1.90. The van der Waals surface area contributed by atoms with Crippen LogP contribution in [0.1, 0.15) is 11.5 Å². The van der Waals surface area contributed by atoms with Gasteiger partial charge in [0.1, 0.15) is 5.54 Å². The predicted molar refractivity (Wildman–Crippen MR) is 67.4 cm³/mol. The predicted octanol–water partition coefficient (Wildman–Crippen LogP) is 0.633. The number of hydrogen-bond acceptors (Lipinski definition) is 4. The SMILES string of the molecule is CS(=O)(=O)[C@@H]1[C@@H](c2ccc(Cl)cc2)[C@]1(N)C(=O)O. The van der Waals surface area contributed by atoms with E-state index in [1.807, 2.05) is 0 Å². The summed E-state index contributed by atoms with van der Waals surface area (Å²) in [5, 5.41) is 8.52. The summed E-state index contributed by atoms with van der Waals surface area (Å²) in [6.07, 6.45) is 0.998. The van der Waals surface area contributed by atoms with Gasteiger partial charge in [0, 0.05) is 17.2 Å². The van der Waals surface area contributed by atoms with Crippen molar-refractivity contribution in [1.29, 1.82) is 0 Å². The highest BCUT2D eigenvalue weighted by molar-refractivity contribution is 7.91. The lowest BCUT2D eigenvalue weighted by atomic mass is 10.1. The highest BCUT2D eigenvalue weighted by atomic mass is 35.5. The monoisotopic (exact) mass is 289 g/mol. The topological polar surface area (TPSA) is 97.5 Å². The van der Waals surface area contributed by atoms with Gasteiger partial charge in [-0.25, -0.2) is 8.42 Å². The summed E-state index contributed by atoms with van der Waals surface area (Å²) in [5.41, 5.74) is 4.54. The van der Waals surface area contributed by atoms with Crippen molar-refractivity contribution in [2.75, 3.05) is 6.26 Å². The van der Waals surface area contributed by atoms with Gasteiger partial charge in [-0.05, 0) is 17.7 Å². The van der Waals surface area contributed by atoms with E-state index in [1.165, 1.54) is 0 Å². The molecular formula is C11H12ClNO4S. The van der Waals surface area contributed by atoms with Crippen LogP contribution in [0.2, 0.25) is 5.02 Å². The fraction of sp³-hybridized carbons (Fsp3) is 0.364. The second-order valence-electron chi connectivity index (χ2n) is 4.52.